The van der Waals surface area contributed by atoms with Crippen LogP contribution in [0.1, 0.15) is 37.8 Å². The van der Waals surface area contributed by atoms with Gasteiger partial charge in [-0.15, -0.1) is 11.3 Å². The molecule has 0 unspecified atom stereocenters. The number of methoxy groups -OCH3 is 1. The van der Waals surface area contributed by atoms with Gasteiger partial charge in [-0.1, -0.05) is 25.5 Å². The molecule has 0 saturated heterocycles. The number of aryl methyl sites for hydroxylation is 1. The Morgan fingerprint density at radius 2 is 1.97 bits per heavy atom. The molecule has 0 spiro atoms. The van der Waals surface area contributed by atoms with E-state index in [0.29, 0.717) is 53.2 Å². The molecule has 6 nitrogen and oxygen atoms in total. The predicted octanol–water partition coefficient (Wildman–Crippen LogP) is 6.67. The van der Waals surface area contributed by atoms with Gasteiger partial charge in [-0.05, 0) is 67.0 Å². The maximum atomic E-state index is 15.4. The Hall–Kier alpha value is -3.39. The fourth-order valence-corrected chi connectivity index (χ4v) is 5.33. The summed E-state index contributed by atoms with van der Waals surface area (Å²) in [5.41, 5.74) is 3.37. The normalized spacial score (nSPS) is 11.2. The van der Waals surface area contributed by atoms with Gasteiger partial charge >= 0.3 is 6.09 Å². The van der Waals surface area contributed by atoms with Gasteiger partial charge in [0.2, 0.25) is 0 Å². The Morgan fingerprint density at radius 1 is 1.17 bits per heavy atom. The second kappa shape index (κ2) is 11.1. The van der Waals surface area contributed by atoms with Gasteiger partial charge < -0.3 is 19.4 Å². The number of benzene rings is 2. The second-order valence-corrected chi connectivity index (χ2v) is 9.65. The summed E-state index contributed by atoms with van der Waals surface area (Å²) in [5, 5.41) is 3.54. The highest BCUT2D eigenvalue weighted by molar-refractivity contribution is 7.17. The lowest BCUT2D eigenvalue weighted by Gasteiger charge is -2.22. The number of fused-ring (bicyclic) bond motifs is 3. The van der Waals surface area contributed by atoms with Gasteiger partial charge in [0.25, 0.3) is 5.56 Å². The van der Waals surface area contributed by atoms with Crippen molar-refractivity contribution in [1.29, 1.82) is 0 Å². The molecule has 2 aromatic heterocycles. The Morgan fingerprint density at radius 3 is 2.67 bits per heavy atom. The van der Waals surface area contributed by atoms with E-state index in [1.807, 2.05) is 30.5 Å². The summed E-state index contributed by atoms with van der Waals surface area (Å²) < 4.78 is 26.9. The third kappa shape index (κ3) is 4.95. The van der Waals surface area contributed by atoms with Gasteiger partial charge in [-0.2, -0.15) is 0 Å². The van der Waals surface area contributed by atoms with E-state index in [2.05, 4.69) is 11.9 Å². The van der Waals surface area contributed by atoms with Crippen molar-refractivity contribution in [3.05, 3.63) is 63.0 Å². The first-order valence-corrected chi connectivity index (χ1v) is 13.1. The quantitative estimate of drug-likeness (QED) is 0.273. The zero-order valence-corrected chi connectivity index (χ0v) is 21.9. The summed E-state index contributed by atoms with van der Waals surface area (Å²) in [5.74, 6) is 0.258. The van der Waals surface area contributed by atoms with Gasteiger partial charge in [-0.3, -0.25) is 4.79 Å². The van der Waals surface area contributed by atoms with Gasteiger partial charge in [0.1, 0.15) is 16.3 Å². The number of aromatic nitrogens is 1. The number of H-pyrrole nitrogens is 1. The van der Waals surface area contributed by atoms with Crippen LogP contribution in [0.15, 0.2) is 40.5 Å². The maximum absolute atomic E-state index is 15.4. The van der Waals surface area contributed by atoms with Crippen molar-refractivity contribution in [2.24, 2.45) is 0 Å². The van der Waals surface area contributed by atoms with Gasteiger partial charge in [0, 0.05) is 29.4 Å². The molecule has 4 rings (SSSR count). The van der Waals surface area contributed by atoms with E-state index in [-0.39, 0.29) is 17.5 Å². The number of thiophene rings is 1. The summed E-state index contributed by atoms with van der Waals surface area (Å²) in [6.45, 7) is 7.01. The van der Waals surface area contributed by atoms with Crippen LogP contribution < -0.4 is 10.3 Å². The molecule has 0 fully saturated rings. The highest BCUT2D eigenvalue weighted by atomic mass is 32.1. The first-order chi connectivity index (χ1) is 17.4. The molecule has 0 bridgehead atoms. The molecule has 0 aliphatic rings. The van der Waals surface area contributed by atoms with Crippen LogP contribution in [0, 0.1) is 12.7 Å². The molecular formula is C28H31FN2O4S. The number of pyridine rings is 1. The van der Waals surface area contributed by atoms with Crippen LogP contribution >= 0.6 is 11.3 Å². The number of amides is 1. The number of hydrogen-bond donors (Lipinski definition) is 1. The van der Waals surface area contributed by atoms with Crippen molar-refractivity contribution in [2.75, 3.05) is 26.8 Å². The Kier molecular flexibility index (Phi) is 7.94. The van der Waals surface area contributed by atoms with E-state index in [0.717, 1.165) is 34.7 Å². The van der Waals surface area contributed by atoms with E-state index in [4.69, 9.17) is 9.47 Å². The average Bonchev–Trinajstić information content (AvgIpc) is 3.36. The van der Waals surface area contributed by atoms with E-state index in [1.54, 1.807) is 25.0 Å². The molecule has 0 aliphatic carbocycles. The summed E-state index contributed by atoms with van der Waals surface area (Å²) in [4.78, 5) is 29.6. The van der Waals surface area contributed by atoms with Gasteiger partial charge in [0.05, 0.1) is 19.2 Å². The number of halogens is 1. The lowest BCUT2D eigenvalue weighted by molar-refractivity contribution is 0.107. The molecule has 0 radical (unpaired) electrons. The molecule has 4 aromatic rings. The van der Waals surface area contributed by atoms with Crippen molar-refractivity contribution < 1.29 is 18.7 Å². The lowest BCUT2D eigenvalue weighted by atomic mass is 9.94. The van der Waals surface area contributed by atoms with Crippen LogP contribution in [0.2, 0.25) is 0 Å². The molecule has 2 heterocycles. The van der Waals surface area contributed by atoms with Crippen LogP contribution in [0.4, 0.5) is 9.18 Å². The molecule has 0 saturated carbocycles. The summed E-state index contributed by atoms with van der Waals surface area (Å²) in [6.07, 6.45) is 1.82. The minimum absolute atomic E-state index is 0.137. The van der Waals surface area contributed by atoms with Crippen molar-refractivity contribution in [3.8, 4) is 16.9 Å². The maximum Gasteiger partial charge on any atom is 0.409 e. The highest BCUT2D eigenvalue weighted by Gasteiger charge is 2.20. The number of carbonyl (C=O) groups excluding carboxylic acids is 1. The van der Waals surface area contributed by atoms with Crippen molar-refractivity contribution in [1.82, 2.24) is 9.88 Å². The van der Waals surface area contributed by atoms with E-state index < -0.39 is 0 Å². The molecule has 0 aliphatic heterocycles. The average molecular weight is 511 g/mol. The monoisotopic (exact) mass is 510 g/mol. The minimum Gasteiger partial charge on any atom is -0.496 e. The first kappa shape index (κ1) is 25.7. The summed E-state index contributed by atoms with van der Waals surface area (Å²) >= 11 is 1.38. The molecule has 1 amide bonds. The largest absolute Gasteiger partial charge is 0.496 e. The molecular weight excluding hydrogens is 479 g/mol. The summed E-state index contributed by atoms with van der Waals surface area (Å²) in [7, 11) is 1.59. The zero-order valence-electron chi connectivity index (χ0n) is 21.1. The number of hydrogen-bond acceptors (Lipinski definition) is 5. The number of carbonyl (C=O) groups is 1. The number of unbranched alkanes of at least 4 members (excludes halogenated alkanes) is 1. The second-order valence-electron chi connectivity index (χ2n) is 8.73. The third-order valence-electron chi connectivity index (χ3n) is 6.39. The summed E-state index contributed by atoms with van der Waals surface area (Å²) in [6, 6.07) is 8.92. The number of rotatable bonds is 9. The Balaban J connectivity index is 1.74. The Bertz CT molecular complexity index is 1460. The molecule has 36 heavy (non-hydrogen) atoms. The molecule has 0 atom stereocenters. The van der Waals surface area contributed by atoms with E-state index in [1.165, 1.54) is 17.4 Å². The Labute approximate surface area is 213 Å². The molecule has 2 aromatic carbocycles. The highest BCUT2D eigenvalue weighted by Crippen LogP contribution is 2.42. The predicted molar refractivity (Wildman–Crippen MR) is 144 cm³/mol. The topological polar surface area (TPSA) is 71.6 Å². The van der Waals surface area contributed by atoms with Crippen LogP contribution in [0.25, 0.3) is 32.1 Å². The van der Waals surface area contributed by atoms with Crippen LogP contribution in [0.5, 0.6) is 5.75 Å². The van der Waals surface area contributed by atoms with Gasteiger partial charge in [-0.25, -0.2) is 9.18 Å². The number of nitrogens with one attached hydrogen (secondary N) is 1. The van der Waals surface area contributed by atoms with Crippen molar-refractivity contribution in [3.63, 3.8) is 0 Å². The lowest BCUT2D eigenvalue weighted by Crippen LogP contribution is -2.34. The fraction of sp³-hybridized carbons (Fsp3) is 0.357. The SMILES string of the molecule is CCCCN(CCc1ccc(-c2c(OC)cc(C)c3[nH]c(=O)c4sccc4c23)cc1F)C(=O)OCC. The fourth-order valence-electron chi connectivity index (χ4n) is 4.54. The molecule has 8 heteroatoms. The van der Waals surface area contributed by atoms with Crippen molar-refractivity contribution in [2.45, 2.75) is 40.0 Å². The van der Waals surface area contributed by atoms with Crippen molar-refractivity contribution >= 4 is 38.4 Å². The van der Waals surface area contributed by atoms with Crippen LogP contribution in [0.3, 0.4) is 0 Å². The number of nitrogens with zero attached hydrogens (tertiary/aromatic N) is 1. The van der Waals surface area contributed by atoms with E-state index >= 15 is 4.39 Å². The number of ether oxygens (including phenoxy) is 2. The molecule has 190 valence electrons. The molecule has 1 N–H and O–H groups in total. The van der Waals surface area contributed by atoms with Gasteiger partial charge in [0.15, 0.2) is 0 Å². The number of aromatic amines is 1. The minimum atomic E-state index is -0.368. The first-order valence-electron chi connectivity index (χ1n) is 12.2. The van der Waals surface area contributed by atoms with Crippen LogP contribution in [-0.2, 0) is 11.2 Å². The third-order valence-corrected chi connectivity index (χ3v) is 7.30. The van der Waals surface area contributed by atoms with Crippen LogP contribution in [-0.4, -0.2) is 42.8 Å². The smallest absolute Gasteiger partial charge is 0.409 e. The zero-order chi connectivity index (χ0) is 25.8. The standard InChI is InChI=1S/C28H31FN2O4S/c1-5-7-12-31(28(33)35-6-2)13-10-18-8-9-19(16-21(18)29)23-22(34-4)15-17(3)25-24(23)20-11-14-36-26(20)27(32)30-25/h8-9,11,14-16H,5-7,10,12-13H2,1-4H3,(H,30,32). The van der Waals surface area contributed by atoms with E-state index in [9.17, 15) is 9.59 Å².